The molecular weight excluding hydrogens is 477 g/mol. The first kappa shape index (κ1) is 24.2. The number of benzene rings is 2. The lowest BCUT2D eigenvalue weighted by Gasteiger charge is -2.36. The summed E-state index contributed by atoms with van der Waals surface area (Å²) in [7, 11) is 0. The first-order chi connectivity index (χ1) is 18.1. The molecule has 0 unspecified atom stereocenters. The molecule has 3 heterocycles. The topological polar surface area (TPSA) is 50.3 Å². The third kappa shape index (κ3) is 4.91. The number of rotatable bonds is 5. The highest BCUT2D eigenvalue weighted by atomic mass is 19.1. The van der Waals surface area contributed by atoms with Gasteiger partial charge in [-0.05, 0) is 74.0 Å². The molecule has 37 heavy (non-hydrogen) atoms. The van der Waals surface area contributed by atoms with Crippen molar-refractivity contribution in [1.29, 1.82) is 0 Å². The van der Waals surface area contributed by atoms with Crippen LogP contribution in [0.5, 0.6) is 5.75 Å². The van der Waals surface area contributed by atoms with Crippen molar-refractivity contribution in [2.24, 2.45) is 0 Å². The van der Waals surface area contributed by atoms with E-state index in [2.05, 4.69) is 20.2 Å². The second-order valence-electron chi connectivity index (χ2n) is 10.3. The van der Waals surface area contributed by atoms with Crippen LogP contribution in [0, 0.1) is 17.5 Å². The van der Waals surface area contributed by atoms with E-state index in [0.29, 0.717) is 41.8 Å². The van der Waals surface area contributed by atoms with Crippen molar-refractivity contribution in [3.8, 4) is 17.0 Å². The molecule has 2 aliphatic heterocycles. The van der Waals surface area contributed by atoms with Gasteiger partial charge in [-0.25, -0.2) is 23.1 Å². The van der Waals surface area contributed by atoms with Crippen LogP contribution in [0.2, 0.25) is 0 Å². The van der Waals surface area contributed by atoms with Crippen molar-refractivity contribution in [3.63, 3.8) is 0 Å². The molecule has 194 valence electrons. The van der Waals surface area contributed by atoms with E-state index in [-0.39, 0.29) is 29.6 Å². The Morgan fingerprint density at radius 2 is 1.76 bits per heavy atom. The zero-order valence-corrected chi connectivity index (χ0v) is 20.8. The molecule has 1 saturated heterocycles. The smallest absolute Gasteiger partial charge is 0.178 e. The number of hydrogen-bond donors (Lipinski definition) is 1. The summed E-state index contributed by atoms with van der Waals surface area (Å²) in [6, 6.07) is 8.66. The minimum atomic E-state index is -0.625. The summed E-state index contributed by atoms with van der Waals surface area (Å²) in [4.78, 5) is 10.8. The fourth-order valence-corrected chi connectivity index (χ4v) is 6.05. The monoisotopic (exact) mass is 508 g/mol. The van der Waals surface area contributed by atoms with Crippen LogP contribution in [0.1, 0.15) is 61.4 Å². The van der Waals surface area contributed by atoms with Crippen molar-refractivity contribution >= 4 is 5.69 Å². The Morgan fingerprint density at radius 3 is 2.54 bits per heavy atom. The van der Waals surface area contributed by atoms with Crippen LogP contribution < -0.4 is 15.0 Å². The zero-order chi connectivity index (χ0) is 25.4. The summed E-state index contributed by atoms with van der Waals surface area (Å²) in [6.45, 7) is 2.90. The maximum absolute atomic E-state index is 15.1. The molecule has 3 aliphatic rings. The van der Waals surface area contributed by atoms with E-state index >= 15 is 4.39 Å². The second-order valence-corrected chi connectivity index (χ2v) is 10.3. The number of nitrogens with one attached hydrogen (secondary N) is 1. The van der Waals surface area contributed by atoms with Crippen molar-refractivity contribution in [1.82, 2.24) is 15.3 Å². The third-order valence-corrected chi connectivity index (χ3v) is 7.95. The molecule has 0 spiro atoms. The van der Waals surface area contributed by atoms with Crippen LogP contribution in [-0.4, -0.2) is 42.3 Å². The molecule has 6 rings (SSSR count). The predicted molar refractivity (Wildman–Crippen MR) is 137 cm³/mol. The van der Waals surface area contributed by atoms with Gasteiger partial charge in [0.15, 0.2) is 17.4 Å². The molecule has 1 aliphatic carbocycles. The van der Waals surface area contributed by atoms with Crippen LogP contribution in [0.15, 0.2) is 36.5 Å². The van der Waals surface area contributed by atoms with Gasteiger partial charge in [-0.2, -0.15) is 0 Å². The highest BCUT2D eigenvalue weighted by Gasteiger charge is 2.30. The van der Waals surface area contributed by atoms with Crippen LogP contribution in [0.25, 0.3) is 11.3 Å². The Morgan fingerprint density at radius 1 is 0.946 bits per heavy atom. The molecule has 5 nitrogen and oxygen atoms in total. The van der Waals surface area contributed by atoms with E-state index in [0.717, 1.165) is 63.4 Å². The molecule has 8 heteroatoms. The average Bonchev–Trinajstić information content (AvgIpc) is 3.45. The van der Waals surface area contributed by atoms with Crippen molar-refractivity contribution in [3.05, 3.63) is 70.9 Å². The number of hydrogen-bond acceptors (Lipinski definition) is 5. The highest BCUT2D eigenvalue weighted by molar-refractivity contribution is 5.72. The maximum atomic E-state index is 15.1. The summed E-state index contributed by atoms with van der Waals surface area (Å²) < 4.78 is 50.6. The van der Waals surface area contributed by atoms with Crippen LogP contribution in [0.3, 0.4) is 0 Å². The third-order valence-electron chi connectivity index (χ3n) is 7.95. The predicted octanol–water partition coefficient (Wildman–Crippen LogP) is 5.76. The Kier molecular flexibility index (Phi) is 6.76. The minimum Gasteiger partial charge on any atom is -0.486 e. The Hall–Kier alpha value is -3.13. The molecule has 1 saturated carbocycles. The molecular formula is C29H31F3N4O. The lowest BCUT2D eigenvalue weighted by Crippen LogP contribution is -2.40. The number of halogens is 3. The quantitative estimate of drug-likeness (QED) is 0.475. The van der Waals surface area contributed by atoms with Crippen LogP contribution in [0.4, 0.5) is 18.9 Å². The summed E-state index contributed by atoms with van der Waals surface area (Å²) in [5.41, 5.74) is 2.49. The molecule has 1 aromatic heterocycles. The van der Waals surface area contributed by atoms with Gasteiger partial charge in [0.2, 0.25) is 0 Å². The maximum Gasteiger partial charge on any atom is 0.178 e. The Bertz CT molecular complexity index is 1290. The summed E-state index contributed by atoms with van der Waals surface area (Å²) in [5, 5.41) is 3.31. The molecule has 0 radical (unpaired) electrons. The standard InChI is InChI=1S/C29H31F3N4O/c30-23-13-18(5-6-22(23)19-7-9-33-10-8-19)14-27-34-17-25(32)28(35-27)20-15-24(31)29-26(16-20)36(11-12-37-29)21-3-1-2-4-21/h5-6,13,15-17,19,21,33H,1-4,7-12,14H2. The lowest BCUT2D eigenvalue weighted by molar-refractivity contribution is 0.285. The van der Waals surface area contributed by atoms with E-state index < -0.39 is 11.6 Å². The van der Waals surface area contributed by atoms with E-state index in [4.69, 9.17) is 4.74 Å². The largest absolute Gasteiger partial charge is 0.486 e. The van der Waals surface area contributed by atoms with Gasteiger partial charge in [0, 0.05) is 18.0 Å². The van der Waals surface area contributed by atoms with Crippen molar-refractivity contribution in [2.75, 3.05) is 31.1 Å². The number of anilines is 1. The summed E-state index contributed by atoms with van der Waals surface area (Å²) in [6.07, 6.45) is 7.63. The van der Waals surface area contributed by atoms with Crippen LogP contribution in [-0.2, 0) is 6.42 Å². The highest BCUT2D eigenvalue weighted by Crippen LogP contribution is 2.41. The molecule has 1 N–H and O–H groups in total. The Labute approximate surface area is 215 Å². The average molecular weight is 509 g/mol. The molecule has 2 aromatic carbocycles. The van der Waals surface area contributed by atoms with Gasteiger partial charge in [-0.3, -0.25) is 0 Å². The molecule has 3 aromatic rings. The van der Waals surface area contributed by atoms with Gasteiger partial charge in [-0.1, -0.05) is 25.0 Å². The summed E-state index contributed by atoms with van der Waals surface area (Å²) in [5.74, 6) is -0.579. The van der Waals surface area contributed by atoms with E-state index in [1.165, 1.54) is 12.1 Å². The van der Waals surface area contributed by atoms with Gasteiger partial charge in [0.25, 0.3) is 0 Å². The van der Waals surface area contributed by atoms with E-state index in [9.17, 15) is 8.78 Å². The fourth-order valence-electron chi connectivity index (χ4n) is 6.05. The normalized spacial score (nSPS) is 18.6. The van der Waals surface area contributed by atoms with Crippen molar-refractivity contribution < 1.29 is 17.9 Å². The van der Waals surface area contributed by atoms with Crippen LogP contribution >= 0.6 is 0 Å². The van der Waals surface area contributed by atoms with Gasteiger partial charge in [0.05, 0.1) is 18.4 Å². The van der Waals surface area contributed by atoms with E-state index in [1.807, 2.05) is 12.1 Å². The second kappa shape index (κ2) is 10.3. The molecule has 2 fully saturated rings. The van der Waals surface area contributed by atoms with Crippen molar-refractivity contribution in [2.45, 2.75) is 56.9 Å². The molecule has 0 bridgehead atoms. The minimum absolute atomic E-state index is 0.0374. The number of ether oxygens (including phenoxy) is 1. The SMILES string of the molecule is Fc1cc(Cc2ncc(F)c(-c3cc(F)c4c(c3)N(C3CCCC3)CCO4)n2)ccc1C1CCNCC1. The zero-order valence-electron chi connectivity index (χ0n) is 20.8. The van der Waals surface area contributed by atoms with Gasteiger partial charge < -0.3 is 15.0 Å². The first-order valence-electron chi connectivity index (χ1n) is 13.3. The Balaban J connectivity index is 1.28. The van der Waals surface area contributed by atoms with E-state index in [1.54, 1.807) is 6.07 Å². The fraction of sp³-hybridized carbons (Fsp3) is 0.448. The van der Waals surface area contributed by atoms with Gasteiger partial charge in [-0.15, -0.1) is 0 Å². The van der Waals surface area contributed by atoms with Gasteiger partial charge >= 0.3 is 0 Å². The number of piperidine rings is 1. The number of fused-ring (bicyclic) bond motifs is 1. The molecule has 0 atom stereocenters. The summed E-state index contributed by atoms with van der Waals surface area (Å²) >= 11 is 0. The number of nitrogens with zero attached hydrogens (tertiary/aromatic N) is 3. The van der Waals surface area contributed by atoms with Gasteiger partial charge in [0.1, 0.15) is 23.9 Å². The lowest BCUT2D eigenvalue weighted by atomic mass is 9.89. The number of aromatic nitrogens is 2. The first-order valence-corrected chi connectivity index (χ1v) is 13.3. The molecule has 0 amide bonds.